The molecule has 0 unspecified atom stereocenters. The molecule has 2 amide bonds. The third-order valence-corrected chi connectivity index (χ3v) is 5.86. The highest BCUT2D eigenvalue weighted by Crippen LogP contribution is 2.21. The molecule has 0 heterocycles. The first-order chi connectivity index (χ1) is 13.5. The fraction of sp³-hybridized carbons (Fsp3) is 0.364. The maximum atomic E-state index is 13.0. The van der Waals surface area contributed by atoms with Crippen LogP contribution in [0.1, 0.15) is 30.0 Å². The zero-order chi connectivity index (χ0) is 20.5. The number of halogens is 1. The summed E-state index contributed by atoms with van der Waals surface area (Å²) in [4.78, 5) is 27.0. The van der Waals surface area contributed by atoms with Crippen molar-refractivity contribution in [2.75, 3.05) is 12.8 Å². The molecule has 4 nitrogen and oxygen atoms in total. The van der Waals surface area contributed by atoms with Crippen LogP contribution in [-0.4, -0.2) is 35.6 Å². The second-order valence-electron chi connectivity index (χ2n) is 6.63. The van der Waals surface area contributed by atoms with E-state index in [1.165, 1.54) is 11.1 Å². The summed E-state index contributed by atoms with van der Waals surface area (Å²) in [7, 11) is 1.59. The Morgan fingerprint density at radius 3 is 2.57 bits per heavy atom. The number of aryl methyl sites for hydroxylation is 1. The van der Waals surface area contributed by atoms with Crippen molar-refractivity contribution in [3.63, 3.8) is 0 Å². The second kappa shape index (κ2) is 11.1. The van der Waals surface area contributed by atoms with Crippen LogP contribution < -0.4 is 5.32 Å². The lowest BCUT2D eigenvalue weighted by Gasteiger charge is -2.30. The molecule has 1 atom stereocenters. The number of thioether (sulfide) groups is 1. The van der Waals surface area contributed by atoms with Crippen molar-refractivity contribution in [3.8, 4) is 0 Å². The zero-order valence-corrected chi connectivity index (χ0v) is 18.1. The number of nitrogens with one attached hydrogen (secondary N) is 1. The zero-order valence-electron chi connectivity index (χ0n) is 16.6. The molecular formula is C22H27ClN2O2S. The van der Waals surface area contributed by atoms with Gasteiger partial charge in [0, 0.05) is 24.4 Å². The summed E-state index contributed by atoms with van der Waals surface area (Å²) in [6, 6.07) is 15.2. The van der Waals surface area contributed by atoms with Crippen LogP contribution in [0.2, 0.25) is 5.02 Å². The Morgan fingerprint density at radius 2 is 1.93 bits per heavy atom. The molecule has 0 aliphatic carbocycles. The number of likely N-dealkylation sites (N-methyl/N-ethyl adjacent to an activating group) is 1. The Balaban J connectivity index is 2.11. The van der Waals surface area contributed by atoms with Gasteiger partial charge in [-0.15, -0.1) is 11.8 Å². The van der Waals surface area contributed by atoms with Gasteiger partial charge in [0.1, 0.15) is 6.04 Å². The van der Waals surface area contributed by atoms with Crippen LogP contribution in [0.4, 0.5) is 0 Å². The number of hydrogen-bond acceptors (Lipinski definition) is 3. The van der Waals surface area contributed by atoms with Gasteiger partial charge in [-0.05, 0) is 30.5 Å². The Labute approximate surface area is 176 Å². The maximum absolute atomic E-state index is 13.0. The van der Waals surface area contributed by atoms with Crippen LogP contribution in [0.5, 0.6) is 0 Å². The first-order valence-electron chi connectivity index (χ1n) is 9.34. The number of benzene rings is 2. The molecule has 0 radical (unpaired) electrons. The molecule has 1 N–H and O–H groups in total. The lowest BCUT2D eigenvalue weighted by atomic mass is 10.1. The molecule has 2 rings (SSSR count). The number of hydrogen-bond donors (Lipinski definition) is 1. The molecule has 0 saturated carbocycles. The van der Waals surface area contributed by atoms with Gasteiger partial charge in [-0.1, -0.05) is 66.6 Å². The smallest absolute Gasteiger partial charge is 0.242 e. The van der Waals surface area contributed by atoms with Gasteiger partial charge in [-0.3, -0.25) is 9.59 Å². The fourth-order valence-electron chi connectivity index (χ4n) is 3.04. The summed E-state index contributed by atoms with van der Waals surface area (Å²) in [5.41, 5.74) is 3.23. The van der Waals surface area contributed by atoms with Crippen molar-refractivity contribution >= 4 is 35.2 Å². The summed E-state index contributed by atoms with van der Waals surface area (Å²) in [5.74, 6) is 0.843. The molecule has 0 aliphatic heterocycles. The van der Waals surface area contributed by atoms with Crippen molar-refractivity contribution in [2.45, 2.75) is 38.6 Å². The normalized spacial score (nSPS) is 11.7. The van der Waals surface area contributed by atoms with E-state index in [9.17, 15) is 9.59 Å². The summed E-state index contributed by atoms with van der Waals surface area (Å²) in [6.45, 7) is 4.28. The van der Waals surface area contributed by atoms with Crippen molar-refractivity contribution < 1.29 is 9.59 Å². The van der Waals surface area contributed by atoms with Gasteiger partial charge in [-0.2, -0.15) is 0 Å². The lowest BCUT2D eigenvalue weighted by molar-refractivity contribution is -0.139. The number of nitrogens with zero attached hydrogens (tertiary/aromatic N) is 1. The first-order valence-corrected chi connectivity index (χ1v) is 10.9. The summed E-state index contributed by atoms with van der Waals surface area (Å²) in [6.07, 6.45) is 0.540. The van der Waals surface area contributed by atoms with Gasteiger partial charge < -0.3 is 10.2 Å². The van der Waals surface area contributed by atoms with Gasteiger partial charge in [0.15, 0.2) is 0 Å². The molecule has 2 aromatic rings. The molecule has 0 aromatic heterocycles. The number of amides is 2. The highest BCUT2D eigenvalue weighted by Gasteiger charge is 2.28. The van der Waals surface area contributed by atoms with Crippen molar-refractivity contribution in [1.82, 2.24) is 10.2 Å². The molecule has 28 heavy (non-hydrogen) atoms. The molecule has 0 fully saturated rings. The minimum Gasteiger partial charge on any atom is -0.357 e. The first kappa shape index (κ1) is 22.3. The van der Waals surface area contributed by atoms with Gasteiger partial charge in [0.2, 0.25) is 11.8 Å². The van der Waals surface area contributed by atoms with Crippen LogP contribution in [0, 0.1) is 6.92 Å². The number of carbonyl (C=O) groups excluding carboxylic acids is 2. The minimum absolute atomic E-state index is 0.0620. The van der Waals surface area contributed by atoms with Crippen LogP contribution in [-0.2, 0) is 21.9 Å². The van der Waals surface area contributed by atoms with Gasteiger partial charge in [0.05, 0.1) is 5.75 Å². The average molecular weight is 419 g/mol. The lowest BCUT2D eigenvalue weighted by Crippen LogP contribution is -2.48. The van der Waals surface area contributed by atoms with Gasteiger partial charge in [0.25, 0.3) is 0 Å². The van der Waals surface area contributed by atoms with E-state index in [2.05, 4.69) is 30.4 Å². The van der Waals surface area contributed by atoms with E-state index in [4.69, 9.17) is 11.6 Å². The SMILES string of the molecule is CC[C@@H](C(=O)NC)N(Cc1ccccc1Cl)C(=O)CSCc1cccc(C)c1. The highest BCUT2D eigenvalue weighted by atomic mass is 35.5. The standard InChI is InChI=1S/C22H27ClN2O2S/c1-4-20(22(27)24-3)25(13-18-10-5-6-11-19(18)23)21(26)15-28-14-17-9-7-8-16(2)12-17/h5-12,20H,4,13-15H2,1-3H3,(H,24,27)/t20-/m0/s1. The van der Waals surface area contributed by atoms with Crippen LogP contribution in [0.15, 0.2) is 48.5 Å². The largest absolute Gasteiger partial charge is 0.357 e. The molecule has 2 aromatic carbocycles. The summed E-state index contributed by atoms with van der Waals surface area (Å²) < 4.78 is 0. The number of carbonyl (C=O) groups is 2. The third kappa shape index (κ3) is 6.28. The average Bonchev–Trinajstić information content (AvgIpc) is 2.69. The molecule has 6 heteroatoms. The topological polar surface area (TPSA) is 49.4 Å². The molecular weight excluding hydrogens is 392 g/mol. The van der Waals surface area contributed by atoms with E-state index in [0.717, 1.165) is 11.3 Å². The van der Waals surface area contributed by atoms with Crippen LogP contribution in [0.25, 0.3) is 0 Å². The van der Waals surface area contributed by atoms with E-state index < -0.39 is 6.04 Å². The quantitative estimate of drug-likeness (QED) is 0.655. The molecule has 0 bridgehead atoms. The van der Waals surface area contributed by atoms with E-state index in [-0.39, 0.29) is 11.8 Å². The van der Waals surface area contributed by atoms with Crippen molar-refractivity contribution in [1.29, 1.82) is 0 Å². The van der Waals surface area contributed by atoms with E-state index in [1.807, 2.05) is 31.2 Å². The predicted octanol–water partition coefficient (Wildman–Crippen LogP) is 4.44. The van der Waals surface area contributed by atoms with Crippen LogP contribution in [0.3, 0.4) is 0 Å². The Kier molecular flexibility index (Phi) is 8.87. The van der Waals surface area contributed by atoms with Crippen molar-refractivity contribution in [3.05, 3.63) is 70.2 Å². The van der Waals surface area contributed by atoms with E-state index in [0.29, 0.717) is 23.7 Å². The molecule has 150 valence electrons. The fourth-order valence-corrected chi connectivity index (χ4v) is 4.09. The molecule has 0 aliphatic rings. The van der Waals surface area contributed by atoms with E-state index in [1.54, 1.807) is 29.8 Å². The minimum atomic E-state index is -0.520. The maximum Gasteiger partial charge on any atom is 0.242 e. The molecule has 0 spiro atoms. The Hall–Kier alpha value is -1.98. The van der Waals surface area contributed by atoms with Crippen LogP contribution >= 0.6 is 23.4 Å². The molecule has 0 saturated heterocycles. The van der Waals surface area contributed by atoms with E-state index >= 15 is 0 Å². The second-order valence-corrected chi connectivity index (χ2v) is 8.03. The predicted molar refractivity (Wildman–Crippen MR) is 117 cm³/mol. The number of rotatable bonds is 9. The Bertz CT molecular complexity index is 813. The monoisotopic (exact) mass is 418 g/mol. The Morgan fingerprint density at radius 1 is 1.18 bits per heavy atom. The van der Waals surface area contributed by atoms with Gasteiger partial charge in [-0.25, -0.2) is 0 Å². The highest BCUT2D eigenvalue weighted by molar-refractivity contribution is 7.99. The summed E-state index contributed by atoms with van der Waals surface area (Å²) in [5, 5.41) is 3.26. The van der Waals surface area contributed by atoms with Crippen molar-refractivity contribution in [2.24, 2.45) is 0 Å². The summed E-state index contributed by atoms with van der Waals surface area (Å²) >= 11 is 7.85. The van der Waals surface area contributed by atoms with Gasteiger partial charge >= 0.3 is 0 Å². The third-order valence-electron chi connectivity index (χ3n) is 4.51.